The highest BCUT2D eigenvalue weighted by atomic mass is 19.1. The molecule has 1 atom stereocenters. The zero-order valence-electron chi connectivity index (χ0n) is 12.9. The lowest BCUT2D eigenvalue weighted by atomic mass is 9.92. The van der Waals surface area contributed by atoms with E-state index in [1.165, 1.54) is 11.6 Å². The molecule has 2 rings (SSSR count). The Balaban J connectivity index is 2.39. The monoisotopic (exact) mass is 286 g/mol. The average Bonchev–Trinajstić information content (AvgIpc) is 2.43. The van der Waals surface area contributed by atoms with Gasteiger partial charge in [0, 0.05) is 0 Å². The van der Waals surface area contributed by atoms with E-state index in [0.29, 0.717) is 5.92 Å². The molecule has 3 heteroatoms. The molecule has 2 aromatic rings. The molecule has 0 aliphatic heterocycles. The van der Waals surface area contributed by atoms with Gasteiger partial charge in [-0.25, -0.2) is 9.82 Å². The van der Waals surface area contributed by atoms with E-state index in [2.05, 4.69) is 31.4 Å². The Hall–Kier alpha value is -1.71. The summed E-state index contributed by atoms with van der Waals surface area (Å²) in [5.74, 6) is 6.09. The summed E-state index contributed by atoms with van der Waals surface area (Å²) in [5.41, 5.74) is 7.05. The Morgan fingerprint density at radius 3 is 2.57 bits per heavy atom. The zero-order valence-corrected chi connectivity index (χ0v) is 12.9. The van der Waals surface area contributed by atoms with E-state index in [1.54, 1.807) is 12.1 Å². The van der Waals surface area contributed by atoms with Crippen molar-refractivity contribution in [2.24, 2.45) is 11.8 Å². The third kappa shape index (κ3) is 3.90. The van der Waals surface area contributed by atoms with Gasteiger partial charge in [-0.2, -0.15) is 0 Å². The highest BCUT2D eigenvalue weighted by Gasteiger charge is 2.16. The van der Waals surface area contributed by atoms with Gasteiger partial charge in [-0.05, 0) is 53.6 Å². The molecule has 1 unspecified atom stereocenters. The van der Waals surface area contributed by atoms with Gasteiger partial charge in [-0.3, -0.25) is 5.84 Å². The predicted octanol–water partition coefficient (Wildman–Crippen LogP) is 3.89. The summed E-state index contributed by atoms with van der Waals surface area (Å²) < 4.78 is 13.5. The van der Waals surface area contributed by atoms with Crippen LogP contribution in [0.3, 0.4) is 0 Å². The van der Waals surface area contributed by atoms with Crippen LogP contribution in [0.4, 0.5) is 4.39 Å². The molecule has 0 saturated heterocycles. The molecule has 0 heterocycles. The van der Waals surface area contributed by atoms with Crippen LogP contribution in [-0.4, -0.2) is 0 Å². The maximum Gasteiger partial charge on any atom is 0.123 e. The topological polar surface area (TPSA) is 38.0 Å². The molecule has 0 aliphatic rings. The second kappa shape index (κ2) is 6.83. The second-order valence-electron chi connectivity index (χ2n) is 5.94. The molecule has 21 heavy (non-hydrogen) atoms. The molecule has 0 spiro atoms. The van der Waals surface area contributed by atoms with Crippen LogP contribution < -0.4 is 11.3 Å². The van der Waals surface area contributed by atoms with E-state index in [0.717, 1.165) is 23.1 Å². The van der Waals surface area contributed by atoms with Crippen LogP contribution in [0, 0.1) is 18.7 Å². The minimum atomic E-state index is -0.241. The molecule has 2 aromatic carbocycles. The quantitative estimate of drug-likeness (QED) is 0.646. The SMILES string of the molecule is Cc1ccc(F)cc1C(NN)c1cccc(CC(C)C)c1. The fourth-order valence-corrected chi connectivity index (χ4v) is 2.66. The van der Waals surface area contributed by atoms with Gasteiger partial charge in [0.1, 0.15) is 5.82 Å². The Labute approximate surface area is 126 Å². The summed E-state index contributed by atoms with van der Waals surface area (Å²) in [6.07, 6.45) is 1.02. The summed E-state index contributed by atoms with van der Waals surface area (Å²) in [5, 5.41) is 0. The van der Waals surface area contributed by atoms with E-state index >= 15 is 0 Å². The van der Waals surface area contributed by atoms with Crippen molar-refractivity contribution in [3.8, 4) is 0 Å². The number of hydrogen-bond donors (Lipinski definition) is 2. The molecule has 0 amide bonds. The summed E-state index contributed by atoms with van der Waals surface area (Å²) in [6, 6.07) is 12.9. The summed E-state index contributed by atoms with van der Waals surface area (Å²) in [4.78, 5) is 0. The smallest absolute Gasteiger partial charge is 0.123 e. The number of nitrogens with two attached hydrogens (primary N) is 1. The van der Waals surface area contributed by atoms with Crippen LogP contribution in [0.5, 0.6) is 0 Å². The molecule has 0 aromatic heterocycles. The molecule has 0 bridgehead atoms. The molecule has 112 valence electrons. The highest BCUT2D eigenvalue weighted by molar-refractivity contribution is 5.38. The largest absolute Gasteiger partial charge is 0.271 e. The van der Waals surface area contributed by atoms with Crippen molar-refractivity contribution in [1.29, 1.82) is 0 Å². The fourth-order valence-electron chi connectivity index (χ4n) is 2.66. The average molecular weight is 286 g/mol. The van der Waals surface area contributed by atoms with E-state index in [-0.39, 0.29) is 11.9 Å². The lowest BCUT2D eigenvalue weighted by Gasteiger charge is -2.20. The van der Waals surface area contributed by atoms with Crippen molar-refractivity contribution in [3.63, 3.8) is 0 Å². The van der Waals surface area contributed by atoms with Gasteiger partial charge >= 0.3 is 0 Å². The maximum absolute atomic E-state index is 13.5. The minimum Gasteiger partial charge on any atom is -0.271 e. The normalized spacial score (nSPS) is 12.7. The molecule has 0 saturated carbocycles. The van der Waals surface area contributed by atoms with Crippen molar-refractivity contribution in [2.45, 2.75) is 33.2 Å². The van der Waals surface area contributed by atoms with Gasteiger partial charge in [0.05, 0.1) is 6.04 Å². The lowest BCUT2D eigenvalue weighted by molar-refractivity contribution is 0.601. The molecule has 0 radical (unpaired) electrons. The van der Waals surface area contributed by atoms with Gasteiger partial charge in [0.15, 0.2) is 0 Å². The van der Waals surface area contributed by atoms with Crippen molar-refractivity contribution >= 4 is 0 Å². The van der Waals surface area contributed by atoms with E-state index in [9.17, 15) is 4.39 Å². The lowest BCUT2D eigenvalue weighted by Crippen LogP contribution is -2.29. The summed E-state index contributed by atoms with van der Waals surface area (Å²) in [7, 11) is 0. The van der Waals surface area contributed by atoms with Crippen LogP contribution in [0.2, 0.25) is 0 Å². The number of hydrazine groups is 1. The zero-order chi connectivity index (χ0) is 15.4. The molecule has 2 nitrogen and oxygen atoms in total. The van der Waals surface area contributed by atoms with Crippen LogP contribution in [0.15, 0.2) is 42.5 Å². The first-order chi connectivity index (χ1) is 10.0. The van der Waals surface area contributed by atoms with Crippen LogP contribution in [-0.2, 0) is 6.42 Å². The molecule has 0 aliphatic carbocycles. The van der Waals surface area contributed by atoms with Crippen molar-refractivity contribution in [2.75, 3.05) is 0 Å². The van der Waals surface area contributed by atoms with Gasteiger partial charge < -0.3 is 0 Å². The third-order valence-electron chi connectivity index (χ3n) is 3.65. The van der Waals surface area contributed by atoms with Crippen LogP contribution in [0.1, 0.15) is 42.1 Å². The van der Waals surface area contributed by atoms with Gasteiger partial charge in [-0.1, -0.05) is 44.2 Å². The molecular weight excluding hydrogens is 263 g/mol. The maximum atomic E-state index is 13.5. The van der Waals surface area contributed by atoms with Gasteiger partial charge in [0.2, 0.25) is 0 Å². The molecule has 0 fully saturated rings. The number of halogens is 1. The molecule has 3 N–H and O–H groups in total. The van der Waals surface area contributed by atoms with E-state index in [1.807, 2.05) is 19.1 Å². The number of rotatable bonds is 5. The summed E-state index contributed by atoms with van der Waals surface area (Å²) >= 11 is 0. The summed E-state index contributed by atoms with van der Waals surface area (Å²) in [6.45, 7) is 6.36. The first-order valence-electron chi connectivity index (χ1n) is 7.32. The minimum absolute atomic E-state index is 0.201. The number of nitrogens with one attached hydrogen (secondary N) is 1. The third-order valence-corrected chi connectivity index (χ3v) is 3.65. The number of benzene rings is 2. The number of hydrogen-bond acceptors (Lipinski definition) is 2. The second-order valence-corrected chi connectivity index (χ2v) is 5.94. The predicted molar refractivity (Wildman–Crippen MR) is 85.3 cm³/mol. The Morgan fingerprint density at radius 2 is 1.90 bits per heavy atom. The highest BCUT2D eigenvalue weighted by Crippen LogP contribution is 2.26. The Bertz CT molecular complexity index is 608. The van der Waals surface area contributed by atoms with Crippen molar-refractivity contribution in [1.82, 2.24) is 5.43 Å². The fraction of sp³-hybridized carbons (Fsp3) is 0.333. The van der Waals surface area contributed by atoms with Gasteiger partial charge in [-0.15, -0.1) is 0 Å². The molecular formula is C18H23FN2. The van der Waals surface area contributed by atoms with E-state index in [4.69, 9.17) is 5.84 Å². The first-order valence-corrected chi connectivity index (χ1v) is 7.32. The standard InChI is InChI=1S/C18H23FN2/c1-12(2)9-14-5-4-6-15(10-14)18(21-20)17-11-16(19)8-7-13(17)3/h4-8,10-12,18,21H,9,20H2,1-3H3. The van der Waals surface area contributed by atoms with Crippen molar-refractivity contribution in [3.05, 3.63) is 70.5 Å². The van der Waals surface area contributed by atoms with Gasteiger partial charge in [0.25, 0.3) is 0 Å². The number of aryl methyl sites for hydroxylation is 1. The van der Waals surface area contributed by atoms with Crippen LogP contribution >= 0.6 is 0 Å². The van der Waals surface area contributed by atoms with Crippen molar-refractivity contribution < 1.29 is 4.39 Å². The van der Waals surface area contributed by atoms with Crippen LogP contribution in [0.25, 0.3) is 0 Å². The first kappa shape index (κ1) is 15.7. The van der Waals surface area contributed by atoms with E-state index < -0.39 is 0 Å². The Morgan fingerprint density at radius 1 is 1.14 bits per heavy atom. The Kier molecular flexibility index (Phi) is 5.10.